The van der Waals surface area contributed by atoms with Gasteiger partial charge < -0.3 is 4.74 Å². The first-order chi connectivity index (χ1) is 12.6. The zero-order valence-corrected chi connectivity index (χ0v) is 16.0. The minimum atomic E-state index is 0.0838. The van der Waals surface area contributed by atoms with Crippen LogP contribution in [0.15, 0.2) is 53.7 Å². The second-order valence-corrected chi connectivity index (χ2v) is 6.95. The highest BCUT2D eigenvalue weighted by Gasteiger charge is 2.17. The minimum Gasteiger partial charge on any atom is -0.494 e. The third-order valence-corrected chi connectivity index (χ3v) is 4.84. The summed E-state index contributed by atoms with van der Waals surface area (Å²) >= 11 is 7.49. The van der Waals surface area contributed by atoms with Gasteiger partial charge in [0.15, 0.2) is 11.0 Å². The SMILES string of the molecule is CCOc1ccc(-n2c(SCC(C)=O)nnc2-c2cccc(Cl)c2)cc1. The molecule has 134 valence electrons. The summed E-state index contributed by atoms with van der Waals surface area (Å²) in [6.45, 7) is 4.11. The number of carbonyl (C=O) groups is 1. The summed E-state index contributed by atoms with van der Waals surface area (Å²) < 4.78 is 7.44. The van der Waals surface area contributed by atoms with E-state index in [4.69, 9.17) is 16.3 Å². The average Bonchev–Trinajstić information content (AvgIpc) is 3.05. The van der Waals surface area contributed by atoms with Gasteiger partial charge >= 0.3 is 0 Å². The second kappa shape index (κ2) is 8.38. The van der Waals surface area contributed by atoms with Crippen LogP contribution in [0.25, 0.3) is 17.1 Å². The lowest BCUT2D eigenvalue weighted by Gasteiger charge is -2.11. The van der Waals surface area contributed by atoms with Gasteiger partial charge in [0, 0.05) is 16.3 Å². The molecule has 3 rings (SSSR count). The molecule has 0 atom stereocenters. The Morgan fingerprint density at radius 3 is 2.62 bits per heavy atom. The van der Waals surface area contributed by atoms with Gasteiger partial charge in [0.25, 0.3) is 0 Å². The van der Waals surface area contributed by atoms with Gasteiger partial charge in [-0.15, -0.1) is 10.2 Å². The molecule has 0 saturated heterocycles. The molecule has 0 aliphatic heterocycles. The predicted octanol–water partition coefficient (Wildman–Crippen LogP) is 4.67. The number of ether oxygens (including phenoxy) is 1. The Hall–Kier alpha value is -2.31. The van der Waals surface area contributed by atoms with E-state index < -0.39 is 0 Å². The van der Waals surface area contributed by atoms with Gasteiger partial charge in [-0.1, -0.05) is 35.5 Å². The number of Topliss-reactive ketones (excluding diaryl/α,β-unsaturated/α-hetero) is 1. The molecule has 0 aliphatic rings. The van der Waals surface area contributed by atoms with E-state index in [1.165, 1.54) is 11.8 Å². The largest absolute Gasteiger partial charge is 0.494 e. The van der Waals surface area contributed by atoms with Crippen LogP contribution in [0.5, 0.6) is 5.75 Å². The van der Waals surface area contributed by atoms with Crippen LogP contribution in [0.2, 0.25) is 5.02 Å². The summed E-state index contributed by atoms with van der Waals surface area (Å²) in [4.78, 5) is 11.4. The van der Waals surface area contributed by atoms with Crippen LogP contribution < -0.4 is 4.74 Å². The number of aromatic nitrogens is 3. The Bertz CT molecular complexity index is 909. The molecule has 0 aliphatic carbocycles. The summed E-state index contributed by atoms with van der Waals surface area (Å²) in [6.07, 6.45) is 0. The standard InChI is InChI=1S/C19H18ClN3O2S/c1-3-25-17-9-7-16(8-10-17)23-18(14-5-4-6-15(20)11-14)21-22-19(23)26-12-13(2)24/h4-11H,3,12H2,1-2H3. The van der Waals surface area contributed by atoms with E-state index in [0.717, 1.165) is 17.0 Å². The van der Waals surface area contributed by atoms with Gasteiger partial charge in [-0.2, -0.15) is 0 Å². The van der Waals surface area contributed by atoms with E-state index in [1.807, 2.05) is 60.0 Å². The Morgan fingerprint density at radius 2 is 1.96 bits per heavy atom. The van der Waals surface area contributed by atoms with Crippen molar-refractivity contribution in [2.45, 2.75) is 19.0 Å². The first-order valence-electron chi connectivity index (χ1n) is 8.15. The highest BCUT2D eigenvalue weighted by Crippen LogP contribution is 2.30. The predicted molar refractivity (Wildman–Crippen MR) is 104 cm³/mol. The van der Waals surface area contributed by atoms with Crippen LogP contribution in [0, 0.1) is 0 Å². The summed E-state index contributed by atoms with van der Waals surface area (Å²) in [6, 6.07) is 15.2. The number of ketones is 1. The lowest BCUT2D eigenvalue weighted by Crippen LogP contribution is -2.02. The fourth-order valence-electron chi connectivity index (χ4n) is 2.43. The zero-order chi connectivity index (χ0) is 18.5. The Morgan fingerprint density at radius 1 is 1.19 bits per heavy atom. The molecule has 0 saturated carbocycles. The van der Waals surface area contributed by atoms with Crippen molar-refractivity contribution < 1.29 is 9.53 Å². The number of nitrogens with zero attached hydrogens (tertiary/aromatic N) is 3. The lowest BCUT2D eigenvalue weighted by atomic mass is 10.2. The Balaban J connectivity index is 2.06. The highest BCUT2D eigenvalue weighted by molar-refractivity contribution is 7.99. The molecule has 0 bridgehead atoms. The molecule has 1 aromatic heterocycles. The maximum Gasteiger partial charge on any atom is 0.196 e. The van der Waals surface area contributed by atoms with Gasteiger partial charge in [-0.05, 0) is 50.2 Å². The van der Waals surface area contributed by atoms with E-state index in [9.17, 15) is 4.79 Å². The van der Waals surface area contributed by atoms with Crippen LogP contribution in [-0.4, -0.2) is 32.9 Å². The van der Waals surface area contributed by atoms with Crippen molar-refractivity contribution in [3.63, 3.8) is 0 Å². The molecular formula is C19H18ClN3O2S. The molecule has 1 heterocycles. The Kier molecular flexibility index (Phi) is 5.96. The maximum atomic E-state index is 11.4. The van der Waals surface area contributed by atoms with Gasteiger partial charge in [0.2, 0.25) is 0 Å². The molecule has 3 aromatic rings. The first kappa shape index (κ1) is 18.5. The number of benzene rings is 2. The number of thioether (sulfide) groups is 1. The number of carbonyl (C=O) groups excluding carboxylic acids is 1. The van der Waals surface area contributed by atoms with Crippen LogP contribution in [0.3, 0.4) is 0 Å². The minimum absolute atomic E-state index is 0.0838. The van der Waals surface area contributed by atoms with Crippen molar-refractivity contribution in [1.82, 2.24) is 14.8 Å². The summed E-state index contributed by atoms with van der Waals surface area (Å²) in [5, 5.41) is 9.89. The van der Waals surface area contributed by atoms with Crippen molar-refractivity contribution in [2.24, 2.45) is 0 Å². The Labute approximate surface area is 161 Å². The van der Waals surface area contributed by atoms with Crippen molar-refractivity contribution in [3.8, 4) is 22.8 Å². The summed E-state index contributed by atoms with van der Waals surface area (Å²) in [5.41, 5.74) is 1.74. The summed E-state index contributed by atoms with van der Waals surface area (Å²) in [5.74, 6) is 1.89. The quantitative estimate of drug-likeness (QED) is 0.551. The third kappa shape index (κ3) is 4.26. The van der Waals surface area contributed by atoms with E-state index in [1.54, 1.807) is 6.92 Å². The normalized spacial score (nSPS) is 10.7. The van der Waals surface area contributed by atoms with E-state index in [2.05, 4.69) is 10.2 Å². The molecule has 0 radical (unpaired) electrons. The molecule has 2 aromatic carbocycles. The molecule has 0 spiro atoms. The van der Waals surface area contributed by atoms with Gasteiger partial charge in [0.05, 0.1) is 12.4 Å². The highest BCUT2D eigenvalue weighted by atomic mass is 35.5. The molecule has 26 heavy (non-hydrogen) atoms. The lowest BCUT2D eigenvalue weighted by molar-refractivity contribution is -0.114. The average molecular weight is 388 g/mol. The number of rotatable bonds is 7. The third-order valence-electron chi connectivity index (χ3n) is 3.53. The maximum absolute atomic E-state index is 11.4. The topological polar surface area (TPSA) is 57.0 Å². The van der Waals surface area contributed by atoms with Crippen molar-refractivity contribution >= 4 is 29.1 Å². The molecule has 0 fully saturated rings. The van der Waals surface area contributed by atoms with Crippen molar-refractivity contribution in [1.29, 1.82) is 0 Å². The molecule has 0 amide bonds. The van der Waals surface area contributed by atoms with E-state index in [0.29, 0.717) is 28.4 Å². The van der Waals surface area contributed by atoms with Crippen LogP contribution in [-0.2, 0) is 4.79 Å². The number of halogens is 1. The van der Waals surface area contributed by atoms with Gasteiger partial charge in [-0.25, -0.2) is 0 Å². The van der Waals surface area contributed by atoms with Crippen LogP contribution in [0.1, 0.15) is 13.8 Å². The molecule has 5 nitrogen and oxygen atoms in total. The molecule has 0 N–H and O–H groups in total. The van der Waals surface area contributed by atoms with Crippen molar-refractivity contribution in [3.05, 3.63) is 53.6 Å². The fraction of sp³-hybridized carbons (Fsp3) is 0.211. The van der Waals surface area contributed by atoms with E-state index in [-0.39, 0.29) is 5.78 Å². The molecule has 0 unspecified atom stereocenters. The smallest absolute Gasteiger partial charge is 0.196 e. The monoisotopic (exact) mass is 387 g/mol. The zero-order valence-electron chi connectivity index (χ0n) is 14.5. The molecule has 7 heteroatoms. The van der Waals surface area contributed by atoms with Crippen LogP contribution in [0.4, 0.5) is 0 Å². The van der Waals surface area contributed by atoms with E-state index >= 15 is 0 Å². The second-order valence-electron chi connectivity index (χ2n) is 5.57. The van der Waals surface area contributed by atoms with Gasteiger partial charge in [0.1, 0.15) is 11.5 Å². The number of hydrogen-bond donors (Lipinski definition) is 0. The first-order valence-corrected chi connectivity index (χ1v) is 9.51. The van der Waals surface area contributed by atoms with Crippen LogP contribution >= 0.6 is 23.4 Å². The van der Waals surface area contributed by atoms with Crippen molar-refractivity contribution in [2.75, 3.05) is 12.4 Å². The summed E-state index contributed by atoms with van der Waals surface area (Å²) in [7, 11) is 0. The number of hydrogen-bond acceptors (Lipinski definition) is 5. The van der Waals surface area contributed by atoms with Gasteiger partial charge in [-0.3, -0.25) is 9.36 Å². The fourth-order valence-corrected chi connectivity index (χ4v) is 3.38. The molecular weight excluding hydrogens is 370 g/mol.